The molecule has 0 atom stereocenters. The van der Waals surface area contributed by atoms with Gasteiger partial charge in [-0.15, -0.1) is 0 Å². The lowest BCUT2D eigenvalue weighted by molar-refractivity contribution is 0.0595. The van der Waals surface area contributed by atoms with Crippen LogP contribution in [0.15, 0.2) is 16.8 Å². The first-order valence-corrected chi connectivity index (χ1v) is 7.05. The van der Waals surface area contributed by atoms with Crippen LogP contribution in [0.3, 0.4) is 0 Å². The van der Waals surface area contributed by atoms with E-state index in [1.54, 1.807) is 11.3 Å². The van der Waals surface area contributed by atoms with Crippen molar-refractivity contribution in [1.29, 1.82) is 0 Å². The molecule has 0 aromatic carbocycles. The van der Waals surface area contributed by atoms with E-state index < -0.39 is 5.97 Å². The van der Waals surface area contributed by atoms with Crippen molar-refractivity contribution in [1.82, 2.24) is 9.55 Å². The van der Waals surface area contributed by atoms with Gasteiger partial charge in [-0.3, -0.25) is 0 Å². The van der Waals surface area contributed by atoms with Gasteiger partial charge < -0.3 is 15.0 Å². The number of ether oxygens (including phenoxy) is 1. The molecule has 0 radical (unpaired) electrons. The van der Waals surface area contributed by atoms with Crippen molar-refractivity contribution in [2.75, 3.05) is 12.8 Å². The van der Waals surface area contributed by atoms with Gasteiger partial charge in [-0.25, -0.2) is 9.78 Å². The SMILES string of the molecule is CCc1nc(C(=O)OC)c(N)n1CCc1ccsc1. The van der Waals surface area contributed by atoms with E-state index in [4.69, 9.17) is 5.73 Å². The summed E-state index contributed by atoms with van der Waals surface area (Å²) in [5, 5.41) is 4.16. The Morgan fingerprint density at radius 2 is 2.37 bits per heavy atom. The van der Waals surface area contributed by atoms with Crippen LogP contribution in [0.4, 0.5) is 5.82 Å². The molecule has 0 fully saturated rings. The largest absolute Gasteiger partial charge is 0.464 e. The summed E-state index contributed by atoms with van der Waals surface area (Å²) in [4.78, 5) is 15.8. The molecule has 0 aliphatic carbocycles. The highest BCUT2D eigenvalue weighted by molar-refractivity contribution is 7.07. The van der Waals surface area contributed by atoms with Gasteiger partial charge in [-0.1, -0.05) is 6.92 Å². The molecule has 19 heavy (non-hydrogen) atoms. The molecule has 0 saturated carbocycles. The zero-order chi connectivity index (χ0) is 13.8. The lowest BCUT2D eigenvalue weighted by atomic mass is 10.2. The highest BCUT2D eigenvalue weighted by atomic mass is 32.1. The first-order valence-electron chi connectivity index (χ1n) is 6.11. The number of hydrogen-bond acceptors (Lipinski definition) is 5. The number of nitrogens with zero attached hydrogens (tertiary/aromatic N) is 2. The minimum atomic E-state index is -0.485. The van der Waals surface area contributed by atoms with Crippen LogP contribution in [0, 0.1) is 0 Å². The van der Waals surface area contributed by atoms with Crippen molar-refractivity contribution < 1.29 is 9.53 Å². The van der Waals surface area contributed by atoms with Gasteiger partial charge in [0.25, 0.3) is 0 Å². The number of esters is 1. The van der Waals surface area contributed by atoms with Crippen molar-refractivity contribution in [3.05, 3.63) is 33.9 Å². The number of nitrogens with two attached hydrogens (primary N) is 1. The minimum Gasteiger partial charge on any atom is -0.464 e. The topological polar surface area (TPSA) is 70.1 Å². The predicted octanol–water partition coefficient (Wildman–Crippen LogP) is 2.12. The van der Waals surface area contributed by atoms with Gasteiger partial charge in [0.2, 0.25) is 0 Å². The maximum Gasteiger partial charge on any atom is 0.360 e. The Kier molecular flexibility index (Phi) is 4.21. The number of methoxy groups -OCH3 is 1. The lowest BCUT2D eigenvalue weighted by Gasteiger charge is -2.07. The molecular weight excluding hydrogens is 262 g/mol. The number of aryl methyl sites for hydroxylation is 2. The van der Waals surface area contributed by atoms with Crippen molar-refractivity contribution in [2.45, 2.75) is 26.3 Å². The van der Waals surface area contributed by atoms with Gasteiger partial charge in [0.1, 0.15) is 11.6 Å². The molecule has 0 unspecified atom stereocenters. The number of nitrogen functional groups attached to an aromatic ring is 1. The highest BCUT2D eigenvalue weighted by Crippen LogP contribution is 2.18. The van der Waals surface area contributed by atoms with Gasteiger partial charge in [-0.05, 0) is 28.8 Å². The van der Waals surface area contributed by atoms with E-state index in [-0.39, 0.29) is 5.69 Å². The number of rotatable bonds is 5. The standard InChI is InChI=1S/C13H17N3O2S/c1-3-10-15-11(13(17)18-2)12(14)16(10)6-4-9-5-7-19-8-9/h5,7-8H,3-4,6,14H2,1-2H3. The Morgan fingerprint density at radius 1 is 1.58 bits per heavy atom. The summed E-state index contributed by atoms with van der Waals surface area (Å²) in [6.45, 7) is 2.71. The normalized spacial score (nSPS) is 10.6. The third-order valence-corrected chi connectivity index (χ3v) is 3.72. The summed E-state index contributed by atoms with van der Waals surface area (Å²) in [5.74, 6) is 0.716. The third-order valence-electron chi connectivity index (χ3n) is 2.99. The average Bonchev–Trinajstić information content (AvgIpc) is 3.03. The summed E-state index contributed by atoms with van der Waals surface area (Å²) in [7, 11) is 1.33. The van der Waals surface area contributed by atoms with E-state index in [1.165, 1.54) is 12.7 Å². The fourth-order valence-corrected chi connectivity index (χ4v) is 2.66. The Bertz CT molecular complexity index is 561. The third kappa shape index (κ3) is 2.78. The zero-order valence-corrected chi connectivity index (χ0v) is 11.9. The second-order valence-electron chi connectivity index (χ2n) is 4.14. The average molecular weight is 279 g/mol. The van der Waals surface area contributed by atoms with Crippen LogP contribution in [0.5, 0.6) is 0 Å². The Morgan fingerprint density at radius 3 is 2.95 bits per heavy atom. The molecule has 0 amide bonds. The van der Waals surface area contributed by atoms with Gasteiger partial charge in [0, 0.05) is 13.0 Å². The number of thiophene rings is 1. The lowest BCUT2D eigenvalue weighted by Crippen LogP contribution is -2.10. The van der Waals surface area contributed by atoms with Gasteiger partial charge in [0.15, 0.2) is 5.69 Å². The molecular formula is C13H17N3O2S. The summed E-state index contributed by atoms with van der Waals surface area (Å²) < 4.78 is 6.58. The molecule has 102 valence electrons. The first kappa shape index (κ1) is 13.6. The van der Waals surface area contributed by atoms with Crippen LogP contribution in [-0.4, -0.2) is 22.6 Å². The predicted molar refractivity (Wildman–Crippen MR) is 75.4 cm³/mol. The molecule has 2 heterocycles. The number of carbonyl (C=O) groups is 1. The molecule has 2 N–H and O–H groups in total. The first-order chi connectivity index (χ1) is 9.17. The molecule has 2 rings (SSSR count). The van der Waals surface area contributed by atoms with E-state index in [0.717, 1.165) is 25.2 Å². The maximum absolute atomic E-state index is 11.6. The summed E-state index contributed by atoms with van der Waals surface area (Å²) in [6, 6.07) is 2.09. The maximum atomic E-state index is 11.6. The quantitative estimate of drug-likeness (QED) is 0.851. The van der Waals surface area contributed by atoms with Crippen LogP contribution in [0.2, 0.25) is 0 Å². The van der Waals surface area contributed by atoms with Crippen LogP contribution in [-0.2, 0) is 24.1 Å². The molecule has 5 nitrogen and oxygen atoms in total. The van der Waals surface area contributed by atoms with E-state index in [1.807, 2.05) is 16.9 Å². The van der Waals surface area contributed by atoms with Crippen LogP contribution in [0.1, 0.15) is 28.8 Å². The molecule has 0 bridgehead atoms. The number of anilines is 1. The second kappa shape index (κ2) is 5.88. The van der Waals surface area contributed by atoms with Crippen LogP contribution >= 0.6 is 11.3 Å². The summed E-state index contributed by atoms with van der Waals surface area (Å²) in [6.07, 6.45) is 1.60. The number of hydrogen-bond donors (Lipinski definition) is 1. The van der Waals surface area contributed by atoms with Crippen LogP contribution in [0.25, 0.3) is 0 Å². The molecule has 2 aromatic heterocycles. The van der Waals surface area contributed by atoms with Crippen molar-refractivity contribution in [2.24, 2.45) is 0 Å². The van der Waals surface area contributed by atoms with Gasteiger partial charge in [-0.2, -0.15) is 11.3 Å². The van der Waals surface area contributed by atoms with E-state index >= 15 is 0 Å². The molecule has 6 heteroatoms. The molecule has 0 aliphatic heterocycles. The number of aromatic nitrogens is 2. The fourth-order valence-electron chi connectivity index (χ4n) is 1.96. The van der Waals surface area contributed by atoms with E-state index in [2.05, 4.69) is 21.2 Å². The second-order valence-corrected chi connectivity index (χ2v) is 4.92. The Hall–Kier alpha value is -1.82. The molecule has 0 spiro atoms. The van der Waals surface area contributed by atoms with Crippen LogP contribution < -0.4 is 5.73 Å². The molecule has 0 saturated heterocycles. The number of carbonyl (C=O) groups excluding carboxylic acids is 1. The smallest absolute Gasteiger partial charge is 0.360 e. The van der Waals surface area contributed by atoms with Gasteiger partial charge in [0.05, 0.1) is 7.11 Å². The van der Waals surface area contributed by atoms with E-state index in [9.17, 15) is 4.79 Å². The van der Waals surface area contributed by atoms with Crippen molar-refractivity contribution >= 4 is 23.1 Å². The summed E-state index contributed by atoms with van der Waals surface area (Å²) >= 11 is 1.67. The highest BCUT2D eigenvalue weighted by Gasteiger charge is 2.19. The van der Waals surface area contributed by atoms with Gasteiger partial charge >= 0.3 is 5.97 Å². The zero-order valence-electron chi connectivity index (χ0n) is 11.0. The molecule has 2 aromatic rings. The Labute approximate surface area is 116 Å². The van der Waals surface area contributed by atoms with Crippen molar-refractivity contribution in [3.63, 3.8) is 0 Å². The number of imidazole rings is 1. The summed E-state index contributed by atoms with van der Waals surface area (Å²) in [5.41, 5.74) is 7.47. The molecule has 0 aliphatic rings. The van der Waals surface area contributed by atoms with Crippen molar-refractivity contribution in [3.8, 4) is 0 Å². The minimum absolute atomic E-state index is 0.213. The monoisotopic (exact) mass is 279 g/mol. The van der Waals surface area contributed by atoms with E-state index in [0.29, 0.717) is 5.82 Å². The fraction of sp³-hybridized carbons (Fsp3) is 0.385. The Balaban J connectivity index is 2.23.